The lowest BCUT2D eigenvalue weighted by Crippen LogP contribution is -2.15. The maximum Gasteiger partial charge on any atom is 0.252 e. The van der Waals surface area contributed by atoms with Gasteiger partial charge in [0.1, 0.15) is 0 Å². The third-order valence-corrected chi connectivity index (χ3v) is 1.18. The molecule has 1 nitrogen and oxygen atoms in total. The smallest absolute Gasteiger partial charge is 0.252 e. The first-order valence-corrected chi connectivity index (χ1v) is 3.43. The van der Waals surface area contributed by atoms with Gasteiger partial charge in [0.15, 0.2) is 0 Å². The standard InChI is InChI=1S/C4H2Cl4O/c5-2-1-3(9)4(6,7)8/h1-2H/b2-1-. The van der Waals surface area contributed by atoms with Crippen LogP contribution in [0, 0.1) is 0 Å². The van der Waals surface area contributed by atoms with E-state index in [1.807, 2.05) is 0 Å². The number of alkyl halides is 3. The second-order valence-corrected chi connectivity index (χ2v) is 3.69. The van der Waals surface area contributed by atoms with Gasteiger partial charge in [0.25, 0.3) is 3.79 Å². The van der Waals surface area contributed by atoms with Crippen molar-refractivity contribution in [2.45, 2.75) is 3.79 Å². The van der Waals surface area contributed by atoms with E-state index in [2.05, 4.69) is 0 Å². The van der Waals surface area contributed by atoms with Crippen molar-refractivity contribution >= 4 is 52.2 Å². The molecule has 0 atom stereocenters. The van der Waals surface area contributed by atoms with E-state index in [1.54, 1.807) is 0 Å². The predicted molar refractivity (Wildman–Crippen MR) is 40.3 cm³/mol. The molecule has 0 aliphatic rings. The number of rotatable bonds is 1. The second-order valence-electron chi connectivity index (χ2n) is 1.15. The summed E-state index contributed by atoms with van der Waals surface area (Å²) >= 11 is 20.4. The van der Waals surface area contributed by atoms with Crippen molar-refractivity contribution in [1.29, 1.82) is 0 Å². The molecule has 52 valence electrons. The van der Waals surface area contributed by atoms with Crippen molar-refractivity contribution in [2.75, 3.05) is 0 Å². The Balaban J connectivity index is 4.06. The van der Waals surface area contributed by atoms with Gasteiger partial charge in [-0.2, -0.15) is 0 Å². The average molecular weight is 208 g/mol. The highest BCUT2D eigenvalue weighted by Gasteiger charge is 2.27. The molecule has 0 spiro atoms. The molecule has 0 fully saturated rings. The van der Waals surface area contributed by atoms with E-state index in [1.165, 1.54) is 0 Å². The van der Waals surface area contributed by atoms with Crippen molar-refractivity contribution in [3.63, 3.8) is 0 Å². The van der Waals surface area contributed by atoms with E-state index in [0.29, 0.717) is 0 Å². The van der Waals surface area contributed by atoms with Gasteiger partial charge in [-0.05, 0) is 6.08 Å². The van der Waals surface area contributed by atoms with Crippen LogP contribution in [0.2, 0.25) is 0 Å². The average Bonchev–Trinajstić information content (AvgIpc) is 1.64. The molecule has 0 saturated carbocycles. The number of allylic oxidation sites excluding steroid dienone is 1. The number of ketones is 1. The molecule has 0 saturated heterocycles. The molecule has 0 amide bonds. The first kappa shape index (κ1) is 9.57. The lowest BCUT2D eigenvalue weighted by Gasteiger charge is -2.02. The van der Waals surface area contributed by atoms with Crippen LogP contribution < -0.4 is 0 Å². The van der Waals surface area contributed by atoms with Crippen molar-refractivity contribution in [1.82, 2.24) is 0 Å². The third-order valence-electron chi connectivity index (χ3n) is 0.494. The predicted octanol–water partition coefficient (Wildman–Crippen LogP) is 2.68. The van der Waals surface area contributed by atoms with Gasteiger partial charge in [-0.15, -0.1) is 0 Å². The third kappa shape index (κ3) is 4.04. The molecule has 0 aromatic rings. The summed E-state index contributed by atoms with van der Waals surface area (Å²) in [6.07, 6.45) is 0.981. The van der Waals surface area contributed by atoms with Gasteiger partial charge in [0, 0.05) is 5.54 Å². The van der Waals surface area contributed by atoms with E-state index in [4.69, 9.17) is 46.4 Å². The van der Waals surface area contributed by atoms with Crippen molar-refractivity contribution in [3.05, 3.63) is 11.6 Å². The van der Waals surface area contributed by atoms with E-state index in [9.17, 15) is 4.79 Å². The summed E-state index contributed by atoms with van der Waals surface area (Å²) in [5, 5.41) is 0. The number of carbonyl (C=O) groups is 1. The summed E-state index contributed by atoms with van der Waals surface area (Å²) in [7, 11) is 0. The Labute approximate surface area is 72.5 Å². The molecular formula is C4H2Cl4O. The Morgan fingerprint density at radius 3 is 1.89 bits per heavy atom. The van der Waals surface area contributed by atoms with E-state index in [0.717, 1.165) is 11.6 Å². The van der Waals surface area contributed by atoms with Crippen LogP contribution in [0.4, 0.5) is 0 Å². The molecule has 0 aromatic heterocycles. The van der Waals surface area contributed by atoms with Crippen molar-refractivity contribution in [2.24, 2.45) is 0 Å². The van der Waals surface area contributed by atoms with Gasteiger partial charge in [-0.25, -0.2) is 0 Å². The van der Waals surface area contributed by atoms with Crippen molar-refractivity contribution in [3.8, 4) is 0 Å². The molecule has 0 aromatic carbocycles. The maximum absolute atomic E-state index is 10.5. The topological polar surface area (TPSA) is 17.1 Å². The van der Waals surface area contributed by atoms with Crippen LogP contribution in [-0.2, 0) is 4.79 Å². The first-order valence-electron chi connectivity index (χ1n) is 1.86. The Morgan fingerprint density at radius 1 is 1.33 bits per heavy atom. The zero-order valence-corrected chi connectivity index (χ0v) is 7.10. The molecule has 0 N–H and O–H groups in total. The lowest BCUT2D eigenvalue weighted by molar-refractivity contribution is -0.113. The molecule has 0 heterocycles. The molecule has 0 rings (SSSR count). The van der Waals surface area contributed by atoms with Crippen LogP contribution >= 0.6 is 46.4 Å². The minimum absolute atomic E-state index is 0.650. The summed E-state index contributed by atoms with van der Waals surface area (Å²) in [5.41, 5.74) is 0.990. The highest BCUT2D eigenvalue weighted by atomic mass is 35.6. The van der Waals surface area contributed by atoms with Gasteiger partial charge in [0.05, 0.1) is 0 Å². The molecule has 0 radical (unpaired) electrons. The Bertz CT molecular complexity index is 134. The fraction of sp³-hybridized carbons (Fsp3) is 0.250. The van der Waals surface area contributed by atoms with E-state index in [-0.39, 0.29) is 0 Å². The van der Waals surface area contributed by atoms with Crippen LogP contribution in [0.3, 0.4) is 0 Å². The van der Waals surface area contributed by atoms with Crippen molar-refractivity contribution < 1.29 is 4.79 Å². The van der Waals surface area contributed by atoms with E-state index < -0.39 is 9.58 Å². The lowest BCUT2D eigenvalue weighted by atomic mass is 10.4. The number of carbonyl (C=O) groups excluding carboxylic acids is 1. The number of hydrogen-bond donors (Lipinski definition) is 0. The Hall–Kier alpha value is 0.570. The zero-order valence-electron chi connectivity index (χ0n) is 4.07. The van der Waals surface area contributed by atoms with E-state index >= 15 is 0 Å². The summed E-state index contributed by atoms with van der Waals surface area (Å²) in [6.45, 7) is 0. The molecule has 5 heteroatoms. The Kier molecular flexibility index (Phi) is 3.90. The fourth-order valence-corrected chi connectivity index (χ4v) is 0.455. The molecule has 0 unspecified atom stereocenters. The molecule has 0 aliphatic heterocycles. The minimum atomic E-state index is -1.88. The van der Waals surface area contributed by atoms with Gasteiger partial charge in [-0.1, -0.05) is 46.4 Å². The fourth-order valence-electron chi connectivity index (χ4n) is 0.152. The van der Waals surface area contributed by atoms with Crippen LogP contribution in [-0.4, -0.2) is 9.58 Å². The highest BCUT2D eigenvalue weighted by Crippen LogP contribution is 2.27. The van der Waals surface area contributed by atoms with Gasteiger partial charge < -0.3 is 0 Å². The summed E-state index contributed by atoms with van der Waals surface area (Å²) < 4.78 is -1.88. The largest absolute Gasteiger partial charge is 0.290 e. The number of hydrogen-bond acceptors (Lipinski definition) is 1. The maximum atomic E-state index is 10.5. The minimum Gasteiger partial charge on any atom is -0.290 e. The molecule has 9 heavy (non-hydrogen) atoms. The second kappa shape index (κ2) is 3.67. The highest BCUT2D eigenvalue weighted by molar-refractivity contribution is 6.77. The summed E-state index contributed by atoms with van der Waals surface area (Å²) in [5.74, 6) is -0.650. The monoisotopic (exact) mass is 206 g/mol. The van der Waals surface area contributed by atoms with Crippen LogP contribution in [0.15, 0.2) is 11.6 Å². The van der Waals surface area contributed by atoms with Crippen LogP contribution in [0.5, 0.6) is 0 Å². The van der Waals surface area contributed by atoms with Crippen LogP contribution in [0.1, 0.15) is 0 Å². The van der Waals surface area contributed by atoms with Gasteiger partial charge in [0.2, 0.25) is 5.78 Å². The first-order chi connectivity index (χ1) is 3.98. The quantitative estimate of drug-likeness (QED) is 0.478. The van der Waals surface area contributed by atoms with Crippen LogP contribution in [0.25, 0.3) is 0 Å². The zero-order chi connectivity index (χ0) is 7.49. The molecular weight excluding hydrogens is 206 g/mol. The van der Waals surface area contributed by atoms with Gasteiger partial charge >= 0.3 is 0 Å². The normalized spacial score (nSPS) is 12.4. The number of halogens is 4. The summed E-state index contributed by atoms with van der Waals surface area (Å²) in [6, 6.07) is 0. The SMILES string of the molecule is O=C(/C=C\Cl)C(Cl)(Cl)Cl. The van der Waals surface area contributed by atoms with Gasteiger partial charge in [-0.3, -0.25) is 4.79 Å². The Morgan fingerprint density at radius 2 is 1.78 bits per heavy atom. The molecule has 0 aliphatic carbocycles. The summed E-state index contributed by atoms with van der Waals surface area (Å²) in [4.78, 5) is 10.5. The molecule has 0 bridgehead atoms.